The van der Waals surface area contributed by atoms with Crippen LogP contribution in [-0.2, 0) is 12.7 Å². The van der Waals surface area contributed by atoms with E-state index >= 15 is 0 Å². The summed E-state index contributed by atoms with van der Waals surface area (Å²) in [5, 5.41) is 4.51. The van der Waals surface area contributed by atoms with Gasteiger partial charge in [-0.05, 0) is 66.3 Å². The predicted octanol–water partition coefficient (Wildman–Crippen LogP) is 6.62. The molecule has 0 amide bonds. The zero-order chi connectivity index (χ0) is 21.5. The van der Waals surface area contributed by atoms with Crippen molar-refractivity contribution in [3.63, 3.8) is 0 Å². The summed E-state index contributed by atoms with van der Waals surface area (Å²) in [5.41, 5.74) is 1.63. The molecule has 0 radical (unpaired) electrons. The Morgan fingerprint density at radius 2 is 1.77 bits per heavy atom. The first-order valence-corrected chi connectivity index (χ1v) is 10.3. The van der Waals surface area contributed by atoms with E-state index < -0.39 is 11.7 Å². The molecule has 156 valence electrons. The number of fused-ring (bicyclic) bond motifs is 1. The van der Waals surface area contributed by atoms with Crippen molar-refractivity contribution in [3.8, 4) is 0 Å². The molecule has 1 aliphatic heterocycles. The molecule has 3 aromatic rings. The second kappa shape index (κ2) is 8.13. The van der Waals surface area contributed by atoms with Gasteiger partial charge in [0.15, 0.2) is 5.11 Å². The van der Waals surface area contributed by atoms with Crippen molar-refractivity contribution >= 4 is 46.2 Å². The van der Waals surface area contributed by atoms with Crippen LogP contribution in [0, 0.1) is 0 Å². The van der Waals surface area contributed by atoms with Crippen LogP contribution < -0.4 is 5.32 Å². The van der Waals surface area contributed by atoms with Crippen LogP contribution in [0.4, 0.5) is 18.9 Å². The second-order valence-corrected chi connectivity index (χ2v) is 8.12. The van der Waals surface area contributed by atoms with Gasteiger partial charge >= 0.3 is 6.18 Å². The first kappa shape index (κ1) is 21.0. The average molecular weight is 470 g/mol. The molecule has 0 unspecified atom stereocenters. The fourth-order valence-corrected chi connectivity index (χ4v) is 4.42. The molecule has 1 aliphatic rings. The summed E-state index contributed by atoms with van der Waals surface area (Å²) in [4.78, 5) is 1.98. The highest BCUT2D eigenvalue weighted by molar-refractivity contribution is 7.80. The van der Waals surface area contributed by atoms with E-state index in [0.717, 1.165) is 29.9 Å². The van der Waals surface area contributed by atoms with Crippen LogP contribution in [0.15, 0.2) is 60.8 Å². The molecule has 0 saturated carbocycles. The molecule has 4 rings (SSSR count). The molecule has 1 aromatic heterocycles. The van der Waals surface area contributed by atoms with Gasteiger partial charge in [-0.2, -0.15) is 13.2 Å². The summed E-state index contributed by atoms with van der Waals surface area (Å²) >= 11 is 18.2. The van der Waals surface area contributed by atoms with Crippen molar-refractivity contribution in [3.05, 3.63) is 87.7 Å². The molecule has 0 bridgehead atoms. The van der Waals surface area contributed by atoms with Gasteiger partial charge in [-0.25, -0.2) is 0 Å². The number of anilines is 1. The highest BCUT2D eigenvalue weighted by atomic mass is 35.5. The molecular weight excluding hydrogens is 454 g/mol. The molecule has 0 spiro atoms. The molecule has 1 N–H and O–H groups in total. The highest BCUT2D eigenvalue weighted by Gasteiger charge is 2.32. The van der Waals surface area contributed by atoms with Gasteiger partial charge in [-0.1, -0.05) is 29.3 Å². The van der Waals surface area contributed by atoms with Gasteiger partial charge in [0.2, 0.25) is 0 Å². The Morgan fingerprint density at radius 1 is 1.03 bits per heavy atom. The Kier molecular flexibility index (Phi) is 5.70. The van der Waals surface area contributed by atoms with Gasteiger partial charge < -0.3 is 14.8 Å². The third-order valence-electron chi connectivity index (χ3n) is 5.02. The normalized spacial score (nSPS) is 16.3. The average Bonchev–Trinajstić information content (AvgIpc) is 3.16. The molecule has 0 fully saturated rings. The van der Waals surface area contributed by atoms with E-state index in [4.69, 9.17) is 35.4 Å². The lowest BCUT2D eigenvalue weighted by molar-refractivity contribution is -0.137. The third kappa shape index (κ3) is 4.15. The summed E-state index contributed by atoms with van der Waals surface area (Å²) in [7, 11) is 0. The van der Waals surface area contributed by atoms with Crippen LogP contribution in [-0.4, -0.2) is 21.1 Å². The molecule has 0 aliphatic carbocycles. The number of nitrogens with one attached hydrogen (secondary N) is 1. The van der Waals surface area contributed by atoms with E-state index in [9.17, 15) is 13.2 Å². The van der Waals surface area contributed by atoms with Gasteiger partial charge in [0.25, 0.3) is 0 Å². The van der Waals surface area contributed by atoms with Crippen molar-refractivity contribution in [2.24, 2.45) is 0 Å². The molecular formula is C21H16Cl2F3N3S. The number of rotatable bonds is 2. The zero-order valence-electron chi connectivity index (χ0n) is 15.5. The van der Waals surface area contributed by atoms with E-state index in [-0.39, 0.29) is 6.04 Å². The van der Waals surface area contributed by atoms with Crippen LogP contribution in [0.2, 0.25) is 10.0 Å². The van der Waals surface area contributed by atoms with E-state index in [1.807, 2.05) is 29.3 Å². The summed E-state index contributed by atoms with van der Waals surface area (Å²) in [6, 6.07) is 13.8. The Morgan fingerprint density at radius 3 is 2.43 bits per heavy atom. The minimum atomic E-state index is -4.38. The maximum absolute atomic E-state index is 12.8. The first-order valence-electron chi connectivity index (χ1n) is 9.09. The van der Waals surface area contributed by atoms with Crippen LogP contribution in [0.5, 0.6) is 0 Å². The SMILES string of the molecule is FC(F)(F)c1ccc(NC(=S)N2CCn3cccc3[C@@H]2c2ccc(Cl)cc2Cl)cc1. The van der Waals surface area contributed by atoms with Crippen LogP contribution in [0.1, 0.15) is 22.9 Å². The quantitative estimate of drug-likeness (QED) is 0.426. The number of nitrogens with zero attached hydrogens (tertiary/aromatic N) is 2. The maximum Gasteiger partial charge on any atom is 0.416 e. The number of benzene rings is 2. The summed E-state index contributed by atoms with van der Waals surface area (Å²) in [6.45, 7) is 1.33. The maximum atomic E-state index is 12.8. The number of thiocarbonyl (C=S) groups is 1. The first-order chi connectivity index (χ1) is 14.2. The summed E-state index contributed by atoms with van der Waals surface area (Å²) < 4.78 is 40.6. The Balaban J connectivity index is 1.64. The highest BCUT2D eigenvalue weighted by Crippen LogP contribution is 2.37. The Labute approximate surface area is 187 Å². The summed E-state index contributed by atoms with van der Waals surface area (Å²) in [5.74, 6) is 0. The van der Waals surface area contributed by atoms with E-state index in [1.165, 1.54) is 12.1 Å². The lowest BCUT2D eigenvalue weighted by Crippen LogP contribution is -2.44. The molecule has 2 heterocycles. The van der Waals surface area contributed by atoms with Crippen molar-refractivity contribution in [1.82, 2.24) is 9.47 Å². The Hall–Kier alpha value is -2.22. The van der Waals surface area contributed by atoms with Crippen LogP contribution in [0.25, 0.3) is 0 Å². The molecule has 2 aromatic carbocycles. The van der Waals surface area contributed by atoms with E-state index in [1.54, 1.807) is 12.1 Å². The molecule has 1 atom stereocenters. The largest absolute Gasteiger partial charge is 0.416 e. The second-order valence-electron chi connectivity index (χ2n) is 6.89. The molecule has 3 nitrogen and oxygen atoms in total. The Bertz CT molecular complexity index is 1080. The van der Waals surface area contributed by atoms with Crippen molar-refractivity contribution < 1.29 is 13.2 Å². The van der Waals surface area contributed by atoms with Gasteiger partial charge in [0, 0.05) is 40.7 Å². The lowest BCUT2D eigenvalue weighted by Gasteiger charge is -2.39. The predicted molar refractivity (Wildman–Crippen MR) is 117 cm³/mol. The third-order valence-corrected chi connectivity index (χ3v) is 5.92. The minimum Gasteiger partial charge on any atom is -0.348 e. The van der Waals surface area contributed by atoms with Crippen LogP contribution in [0.3, 0.4) is 0 Å². The van der Waals surface area contributed by atoms with Gasteiger partial charge in [0.05, 0.1) is 11.6 Å². The molecule has 9 heteroatoms. The topological polar surface area (TPSA) is 20.2 Å². The van der Waals surface area contributed by atoms with Gasteiger partial charge in [-0.3, -0.25) is 0 Å². The standard InChI is InChI=1S/C21H16Cl2F3N3S/c22-14-5-8-16(17(23)12-14)19-18-2-1-9-28(18)10-11-29(19)20(30)27-15-6-3-13(4-7-15)21(24,25)26/h1-9,12,19H,10-11H2,(H,27,30)/t19-/m0/s1. The van der Waals surface area contributed by atoms with E-state index in [0.29, 0.717) is 27.4 Å². The number of alkyl halides is 3. The minimum absolute atomic E-state index is 0.257. The fourth-order valence-electron chi connectivity index (χ4n) is 3.59. The van der Waals surface area contributed by atoms with Gasteiger partial charge in [0.1, 0.15) is 0 Å². The monoisotopic (exact) mass is 469 g/mol. The van der Waals surface area contributed by atoms with Crippen molar-refractivity contribution in [2.45, 2.75) is 18.8 Å². The van der Waals surface area contributed by atoms with Crippen molar-refractivity contribution in [1.29, 1.82) is 0 Å². The zero-order valence-corrected chi connectivity index (χ0v) is 17.8. The van der Waals surface area contributed by atoms with Crippen molar-refractivity contribution in [2.75, 3.05) is 11.9 Å². The van der Waals surface area contributed by atoms with Gasteiger partial charge in [-0.15, -0.1) is 0 Å². The number of hydrogen-bond acceptors (Lipinski definition) is 1. The lowest BCUT2D eigenvalue weighted by atomic mass is 10.00. The number of aromatic nitrogens is 1. The molecule has 0 saturated heterocycles. The summed E-state index contributed by atoms with van der Waals surface area (Å²) in [6.07, 6.45) is -2.39. The van der Waals surface area contributed by atoms with E-state index in [2.05, 4.69) is 9.88 Å². The number of hydrogen-bond donors (Lipinski definition) is 1. The number of halogens is 5. The fraction of sp³-hybridized carbons (Fsp3) is 0.190. The van der Waals surface area contributed by atoms with Crippen LogP contribution >= 0.6 is 35.4 Å². The smallest absolute Gasteiger partial charge is 0.348 e. The molecule has 30 heavy (non-hydrogen) atoms.